The van der Waals surface area contributed by atoms with Crippen LogP contribution in [0.2, 0.25) is 0 Å². The van der Waals surface area contributed by atoms with E-state index in [0.717, 1.165) is 11.1 Å². The average Bonchev–Trinajstić information content (AvgIpc) is 2.61. The standard InChI is InChI=1S/C11H7NOS/c12-6-9-10(7-14-11(9)13)8-4-2-1-3-5-8/h1-5,7,13H. The first-order chi connectivity index (χ1) is 6.83. The van der Waals surface area contributed by atoms with E-state index in [2.05, 4.69) is 0 Å². The summed E-state index contributed by atoms with van der Waals surface area (Å²) in [6.07, 6.45) is 0. The lowest BCUT2D eigenvalue weighted by atomic mass is 10.1. The number of hydrogen-bond acceptors (Lipinski definition) is 3. The van der Waals surface area contributed by atoms with Gasteiger partial charge in [-0.3, -0.25) is 0 Å². The second-order valence-corrected chi connectivity index (χ2v) is 3.67. The van der Waals surface area contributed by atoms with E-state index < -0.39 is 0 Å². The van der Waals surface area contributed by atoms with Gasteiger partial charge in [-0.25, -0.2) is 0 Å². The van der Waals surface area contributed by atoms with Crippen LogP contribution in [-0.2, 0) is 0 Å². The van der Waals surface area contributed by atoms with Crippen molar-refractivity contribution >= 4 is 11.3 Å². The SMILES string of the molecule is N#Cc1c(-c2ccccc2)csc1O. The Morgan fingerprint density at radius 3 is 2.57 bits per heavy atom. The van der Waals surface area contributed by atoms with Gasteiger partial charge in [-0.2, -0.15) is 5.26 Å². The van der Waals surface area contributed by atoms with Gasteiger partial charge in [-0.05, 0) is 5.56 Å². The minimum atomic E-state index is 0.0892. The van der Waals surface area contributed by atoms with Gasteiger partial charge in [0, 0.05) is 10.9 Å². The maximum atomic E-state index is 9.39. The topological polar surface area (TPSA) is 44.0 Å². The number of nitriles is 1. The predicted molar refractivity (Wildman–Crippen MR) is 56.1 cm³/mol. The van der Waals surface area contributed by atoms with Gasteiger partial charge in [-0.15, -0.1) is 11.3 Å². The second-order valence-electron chi connectivity index (χ2n) is 2.81. The maximum absolute atomic E-state index is 9.39. The summed E-state index contributed by atoms with van der Waals surface area (Å²) in [7, 11) is 0. The second kappa shape index (κ2) is 3.52. The van der Waals surface area contributed by atoms with Gasteiger partial charge in [0.25, 0.3) is 0 Å². The lowest BCUT2D eigenvalue weighted by Gasteiger charge is -1.96. The van der Waals surface area contributed by atoms with E-state index in [1.54, 1.807) is 5.38 Å². The van der Waals surface area contributed by atoms with Crippen LogP contribution >= 0.6 is 11.3 Å². The van der Waals surface area contributed by atoms with Crippen LogP contribution in [0.4, 0.5) is 0 Å². The van der Waals surface area contributed by atoms with E-state index in [4.69, 9.17) is 5.26 Å². The largest absolute Gasteiger partial charge is 0.499 e. The maximum Gasteiger partial charge on any atom is 0.190 e. The highest BCUT2D eigenvalue weighted by Crippen LogP contribution is 2.35. The molecular weight excluding hydrogens is 194 g/mol. The summed E-state index contributed by atoms with van der Waals surface area (Å²) in [6, 6.07) is 11.6. The molecular formula is C11H7NOS. The highest BCUT2D eigenvalue weighted by molar-refractivity contribution is 7.12. The van der Waals surface area contributed by atoms with Crippen molar-refractivity contribution < 1.29 is 5.11 Å². The van der Waals surface area contributed by atoms with Crippen LogP contribution in [-0.4, -0.2) is 5.11 Å². The zero-order valence-corrected chi connectivity index (χ0v) is 8.08. The van der Waals surface area contributed by atoms with E-state index in [0.29, 0.717) is 5.56 Å². The Kier molecular flexibility index (Phi) is 2.21. The molecule has 0 radical (unpaired) electrons. The monoisotopic (exact) mass is 201 g/mol. The number of benzene rings is 1. The van der Waals surface area contributed by atoms with Crippen LogP contribution in [0.3, 0.4) is 0 Å². The molecule has 0 atom stereocenters. The number of thiophene rings is 1. The van der Waals surface area contributed by atoms with Crippen LogP contribution in [0.15, 0.2) is 35.7 Å². The molecule has 0 saturated carbocycles. The molecule has 2 aromatic rings. The van der Waals surface area contributed by atoms with Gasteiger partial charge in [0.2, 0.25) is 0 Å². The molecule has 0 unspecified atom stereocenters. The van der Waals surface area contributed by atoms with Crippen molar-refractivity contribution in [3.63, 3.8) is 0 Å². The molecule has 0 aliphatic carbocycles. The fraction of sp³-hybridized carbons (Fsp3) is 0. The molecule has 3 heteroatoms. The highest BCUT2D eigenvalue weighted by Gasteiger charge is 2.11. The van der Waals surface area contributed by atoms with Crippen LogP contribution < -0.4 is 0 Å². The van der Waals surface area contributed by atoms with Gasteiger partial charge < -0.3 is 5.11 Å². The van der Waals surface area contributed by atoms with Gasteiger partial charge in [0.1, 0.15) is 11.6 Å². The first kappa shape index (κ1) is 8.79. The molecule has 1 N–H and O–H groups in total. The zero-order chi connectivity index (χ0) is 9.97. The molecule has 0 amide bonds. The summed E-state index contributed by atoms with van der Waals surface area (Å²) in [4.78, 5) is 0. The van der Waals surface area contributed by atoms with E-state index in [1.807, 2.05) is 36.4 Å². The molecule has 1 aromatic carbocycles. The summed E-state index contributed by atoms with van der Waals surface area (Å²) < 4.78 is 0. The van der Waals surface area contributed by atoms with Crippen molar-refractivity contribution in [2.75, 3.05) is 0 Å². The van der Waals surface area contributed by atoms with Crippen LogP contribution in [0.25, 0.3) is 11.1 Å². The molecule has 0 spiro atoms. The molecule has 1 aromatic heterocycles. The van der Waals surface area contributed by atoms with E-state index >= 15 is 0 Å². The Bertz CT molecular complexity index is 482. The van der Waals surface area contributed by atoms with Crippen molar-refractivity contribution in [1.29, 1.82) is 5.26 Å². The molecule has 0 fully saturated rings. The molecule has 68 valence electrons. The molecule has 0 aliphatic heterocycles. The number of rotatable bonds is 1. The molecule has 0 saturated heterocycles. The fourth-order valence-electron chi connectivity index (χ4n) is 1.29. The fourth-order valence-corrected chi connectivity index (χ4v) is 2.04. The third-order valence-electron chi connectivity index (χ3n) is 1.97. The number of nitrogens with zero attached hydrogens (tertiary/aromatic N) is 1. The third kappa shape index (κ3) is 1.36. The Balaban J connectivity index is 2.59. The minimum Gasteiger partial charge on any atom is -0.499 e. The lowest BCUT2D eigenvalue weighted by Crippen LogP contribution is -1.77. The number of aromatic hydroxyl groups is 1. The third-order valence-corrected chi connectivity index (χ3v) is 2.75. The average molecular weight is 201 g/mol. The summed E-state index contributed by atoms with van der Waals surface area (Å²) in [5.74, 6) is 0. The van der Waals surface area contributed by atoms with E-state index in [9.17, 15) is 5.11 Å². The summed E-state index contributed by atoms with van der Waals surface area (Å²) >= 11 is 1.18. The Morgan fingerprint density at radius 1 is 1.21 bits per heavy atom. The predicted octanol–water partition coefficient (Wildman–Crippen LogP) is 2.99. The van der Waals surface area contributed by atoms with Crippen molar-refractivity contribution in [1.82, 2.24) is 0 Å². The molecule has 0 bridgehead atoms. The smallest absolute Gasteiger partial charge is 0.190 e. The number of hydrogen-bond donors (Lipinski definition) is 1. The van der Waals surface area contributed by atoms with Crippen molar-refractivity contribution in [3.8, 4) is 22.3 Å². The normalized spacial score (nSPS) is 9.64. The Labute approximate surface area is 85.7 Å². The van der Waals surface area contributed by atoms with E-state index in [-0.39, 0.29) is 5.06 Å². The van der Waals surface area contributed by atoms with Crippen molar-refractivity contribution in [2.45, 2.75) is 0 Å². The van der Waals surface area contributed by atoms with Gasteiger partial charge in [0.05, 0.1) is 0 Å². The summed E-state index contributed by atoms with van der Waals surface area (Å²) in [5.41, 5.74) is 2.12. The van der Waals surface area contributed by atoms with Crippen LogP contribution in [0.5, 0.6) is 5.06 Å². The molecule has 14 heavy (non-hydrogen) atoms. The Hall–Kier alpha value is -1.79. The van der Waals surface area contributed by atoms with E-state index in [1.165, 1.54) is 11.3 Å². The molecule has 1 heterocycles. The van der Waals surface area contributed by atoms with Gasteiger partial charge >= 0.3 is 0 Å². The van der Waals surface area contributed by atoms with Crippen molar-refractivity contribution in [3.05, 3.63) is 41.3 Å². The summed E-state index contributed by atoms with van der Waals surface area (Å²) in [5, 5.41) is 20.1. The first-order valence-electron chi connectivity index (χ1n) is 4.09. The van der Waals surface area contributed by atoms with Gasteiger partial charge in [-0.1, -0.05) is 30.3 Å². The summed E-state index contributed by atoms with van der Waals surface area (Å²) in [6.45, 7) is 0. The first-order valence-corrected chi connectivity index (χ1v) is 4.97. The Morgan fingerprint density at radius 2 is 1.93 bits per heavy atom. The zero-order valence-electron chi connectivity index (χ0n) is 7.27. The van der Waals surface area contributed by atoms with Crippen LogP contribution in [0.1, 0.15) is 5.56 Å². The molecule has 2 nitrogen and oxygen atoms in total. The molecule has 2 rings (SSSR count). The van der Waals surface area contributed by atoms with Gasteiger partial charge in [0.15, 0.2) is 5.06 Å². The lowest BCUT2D eigenvalue weighted by molar-refractivity contribution is 0.489. The van der Waals surface area contributed by atoms with Crippen molar-refractivity contribution in [2.24, 2.45) is 0 Å². The minimum absolute atomic E-state index is 0.0892. The quantitative estimate of drug-likeness (QED) is 0.770. The van der Waals surface area contributed by atoms with Crippen LogP contribution in [0, 0.1) is 11.3 Å². The molecule has 0 aliphatic rings. The highest BCUT2D eigenvalue weighted by atomic mass is 32.1.